The van der Waals surface area contributed by atoms with E-state index in [4.69, 9.17) is 0 Å². The van der Waals surface area contributed by atoms with Gasteiger partial charge in [0.1, 0.15) is 0 Å². The van der Waals surface area contributed by atoms with Gasteiger partial charge in [-0.3, -0.25) is 0 Å². The van der Waals surface area contributed by atoms with Crippen LogP contribution in [0, 0.1) is 0 Å². The van der Waals surface area contributed by atoms with Crippen molar-refractivity contribution in [3.8, 4) is 0 Å². The van der Waals surface area contributed by atoms with E-state index in [9.17, 15) is 43.2 Å². The quantitative estimate of drug-likeness (QED) is 0.329. The Morgan fingerprint density at radius 1 is 0.625 bits per heavy atom. The second-order valence-corrected chi connectivity index (χ2v) is 4.95. The number of hydrogen-bond donors (Lipinski definition) is 0. The zero-order valence-corrected chi connectivity index (χ0v) is 8.17. The van der Waals surface area contributed by atoms with Crippen molar-refractivity contribution in [3.63, 3.8) is 0 Å². The van der Waals surface area contributed by atoms with E-state index in [-0.39, 0.29) is 0 Å². The number of hydrogen-bond acceptors (Lipinski definition) is 6. The minimum absolute atomic E-state index is 2.22. The first kappa shape index (κ1) is 15.4. The monoisotopic (exact) mass is 298 g/mol. The Kier molecular flexibility index (Phi) is 3.86. The van der Waals surface area contributed by atoms with Crippen molar-refractivity contribution < 1.29 is 51.8 Å². The van der Waals surface area contributed by atoms with Crippen LogP contribution in [0.1, 0.15) is 0 Å². The van der Waals surface area contributed by atoms with Crippen LogP contribution < -0.4 is 0 Å². The Hall–Kier alpha value is -0.600. The van der Waals surface area contributed by atoms with Gasteiger partial charge in [-0.25, -0.2) is 0 Å². The average Bonchev–Trinajstić information content (AvgIpc) is 1.97. The Bertz CT molecular complexity index is 394. The smallest absolute Gasteiger partial charge is 0.187 e. The molecule has 6 nitrogen and oxygen atoms in total. The van der Waals surface area contributed by atoms with E-state index >= 15 is 0 Å². The molecule has 0 radical (unpaired) electrons. The molecule has 0 amide bonds. The Morgan fingerprint density at radius 3 is 0.938 bits per heavy atom. The molecule has 0 saturated carbocycles. The van der Waals surface area contributed by atoms with Gasteiger partial charge in [-0.15, -0.1) is 0 Å². The van der Waals surface area contributed by atoms with Gasteiger partial charge in [0.15, 0.2) is 0 Å². The maximum absolute atomic E-state index is 11.4. The molecule has 0 aromatic rings. The van der Waals surface area contributed by atoms with Crippen molar-refractivity contribution in [2.45, 2.75) is 11.0 Å². The molecular formula is C2F6O6S2. The first-order chi connectivity index (χ1) is 6.71. The molecule has 98 valence electrons. The van der Waals surface area contributed by atoms with Crippen LogP contribution in [0.25, 0.3) is 0 Å². The Balaban J connectivity index is 4.88. The number of halogens is 6. The van der Waals surface area contributed by atoms with E-state index in [0.717, 1.165) is 0 Å². The molecule has 0 saturated heterocycles. The van der Waals surface area contributed by atoms with Gasteiger partial charge in [0.25, 0.3) is 0 Å². The van der Waals surface area contributed by atoms with Crippen LogP contribution in [0.3, 0.4) is 0 Å². The predicted octanol–water partition coefficient (Wildman–Crippen LogP) is 0.634. The molecule has 16 heavy (non-hydrogen) atoms. The fourth-order valence-electron chi connectivity index (χ4n) is 0.150. The zero-order valence-electron chi connectivity index (χ0n) is 6.53. The van der Waals surface area contributed by atoms with Crippen molar-refractivity contribution in [3.05, 3.63) is 0 Å². The molecule has 0 fully saturated rings. The van der Waals surface area contributed by atoms with E-state index in [1.165, 1.54) is 0 Å². The van der Waals surface area contributed by atoms with Crippen molar-refractivity contribution in [2.75, 3.05) is 0 Å². The molecule has 0 atom stereocenters. The minimum atomic E-state index is -6.59. The van der Waals surface area contributed by atoms with Gasteiger partial charge in [0, 0.05) is 0 Å². The standard InChI is InChI=1S/C2F6O6S2/c3-1(4,5)15(9,10)13-14-16(11,12)2(6,7)8. The highest BCUT2D eigenvalue weighted by molar-refractivity contribution is 7.89. The van der Waals surface area contributed by atoms with Gasteiger partial charge in [0.2, 0.25) is 0 Å². The molecule has 0 heterocycles. The van der Waals surface area contributed by atoms with Gasteiger partial charge in [-0.2, -0.15) is 43.2 Å². The molecule has 0 aliphatic carbocycles. The van der Waals surface area contributed by atoms with E-state index in [1.807, 2.05) is 0 Å². The third kappa shape index (κ3) is 3.46. The summed E-state index contributed by atoms with van der Waals surface area (Å²) in [6, 6.07) is 0. The van der Waals surface area contributed by atoms with Crippen LogP contribution in [0.2, 0.25) is 0 Å². The molecule has 0 unspecified atom stereocenters. The molecule has 0 bridgehead atoms. The summed E-state index contributed by atoms with van der Waals surface area (Å²) in [5.74, 6) is 0. The fraction of sp³-hybridized carbons (Fsp3) is 1.00. The lowest BCUT2D eigenvalue weighted by Crippen LogP contribution is -2.31. The summed E-state index contributed by atoms with van der Waals surface area (Å²) < 4.78 is 113. The van der Waals surface area contributed by atoms with E-state index in [2.05, 4.69) is 8.67 Å². The van der Waals surface area contributed by atoms with Gasteiger partial charge >= 0.3 is 31.3 Å². The zero-order chi connectivity index (χ0) is 13.4. The normalized spacial score (nSPS) is 15.1. The molecule has 0 aromatic heterocycles. The highest BCUT2D eigenvalue weighted by atomic mass is 32.2. The van der Waals surface area contributed by atoms with Gasteiger partial charge < -0.3 is 0 Å². The number of alkyl halides is 6. The molecule has 0 aliphatic rings. The third-order valence-electron chi connectivity index (χ3n) is 0.774. The average molecular weight is 298 g/mol. The van der Waals surface area contributed by atoms with Crippen LogP contribution in [-0.4, -0.2) is 27.9 Å². The summed E-state index contributed by atoms with van der Waals surface area (Å²) in [7, 11) is -13.2. The lowest BCUT2D eigenvalue weighted by atomic mass is 11.6. The van der Waals surface area contributed by atoms with Gasteiger partial charge in [-0.1, -0.05) is 8.67 Å². The van der Waals surface area contributed by atoms with Gasteiger partial charge in [-0.05, 0) is 0 Å². The summed E-state index contributed by atoms with van der Waals surface area (Å²) >= 11 is 0. The summed E-state index contributed by atoms with van der Waals surface area (Å²) in [4.78, 5) is 0. The molecule has 0 spiro atoms. The minimum Gasteiger partial charge on any atom is -0.187 e. The van der Waals surface area contributed by atoms with Gasteiger partial charge in [0.05, 0.1) is 0 Å². The van der Waals surface area contributed by atoms with Crippen LogP contribution in [0.15, 0.2) is 0 Å². The lowest BCUT2D eigenvalue weighted by Gasteiger charge is -2.08. The van der Waals surface area contributed by atoms with E-state index in [0.29, 0.717) is 0 Å². The summed E-state index contributed by atoms with van der Waals surface area (Å²) in [5.41, 5.74) is -12.2. The molecule has 14 heteroatoms. The Morgan fingerprint density at radius 2 is 0.812 bits per heavy atom. The SMILES string of the molecule is O=S(=O)(OOS(=O)(=O)C(F)(F)F)C(F)(F)F. The first-order valence-electron chi connectivity index (χ1n) is 2.71. The molecular weight excluding hydrogens is 298 g/mol. The molecule has 0 aliphatic heterocycles. The summed E-state index contributed by atoms with van der Waals surface area (Å²) in [5, 5.41) is 0. The second-order valence-electron chi connectivity index (χ2n) is 1.94. The Labute approximate surface area is 83.9 Å². The molecule has 0 rings (SSSR count). The van der Waals surface area contributed by atoms with E-state index in [1.54, 1.807) is 0 Å². The highest BCUT2D eigenvalue weighted by Gasteiger charge is 2.53. The van der Waals surface area contributed by atoms with Crippen LogP contribution in [-0.2, 0) is 28.9 Å². The fourth-order valence-corrected chi connectivity index (χ4v) is 0.890. The maximum Gasteiger partial charge on any atom is 0.525 e. The topological polar surface area (TPSA) is 86.7 Å². The van der Waals surface area contributed by atoms with Crippen molar-refractivity contribution >= 4 is 20.2 Å². The second kappa shape index (κ2) is 4.01. The third-order valence-corrected chi connectivity index (χ3v) is 2.49. The lowest BCUT2D eigenvalue weighted by molar-refractivity contribution is -0.144. The largest absolute Gasteiger partial charge is 0.525 e. The highest BCUT2D eigenvalue weighted by Crippen LogP contribution is 2.29. The molecule has 0 aromatic carbocycles. The first-order valence-corrected chi connectivity index (χ1v) is 5.53. The van der Waals surface area contributed by atoms with Crippen LogP contribution in [0.5, 0.6) is 0 Å². The van der Waals surface area contributed by atoms with E-state index < -0.39 is 31.3 Å². The number of rotatable bonds is 3. The van der Waals surface area contributed by atoms with Crippen LogP contribution in [0.4, 0.5) is 26.3 Å². The van der Waals surface area contributed by atoms with Crippen molar-refractivity contribution in [1.29, 1.82) is 0 Å². The van der Waals surface area contributed by atoms with Crippen LogP contribution >= 0.6 is 0 Å². The van der Waals surface area contributed by atoms with Crippen molar-refractivity contribution in [2.24, 2.45) is 0 Å². The predicted molar refractivity (Wildman–Crippen MR) is 32.1 cm³/mol. The van der Waals surface area contributed by atoms with Crippen molar-refractivity contribution in [1.82, 2.24) is 0 Å². The summed E-state index contributed by atoms with van der Waals surface area (Å²) in [6.07, 6.45) is 0. The molecule has 0 N–H and O–H groups in total. The maximum atomic E-state index is 11.4. The summed E-state index contributed by atoms with van der Waals surface area (Å²) in [6.45, 7) is 0.